The van der Waals surface area contributed by atoms with E-state index < -0.39 is 113 Å². The Kier molecular flexibility index (Phi) is 5.67. The number of hydrogen-bond donors (Lipinski definition) is 6. The summed E-state index contributed by atoms with van der Waals surface area (Å²) < 4.78 is 183. The molecule has 0 saturated carbocycles. The van der Waals surface area contributed by atoms with Gasteiger partial charge in [-0.1, -0.05) is 31.2 Å². The molecule has 0 saturated heterocycles. The largest absolute Gasteiger partial charge is 0.320 e. The quantitative estimate of drug-likeness (QED) is 0.177. The van der Waals surface area contributed by atoms with E-state index in [1.165, 1.54) is 9.44 Å². The molecule has 6 N–H and O–H groups in total. The molecule has 3 bridgehead atoms. The summed E-state index contributed by atoms with van der Waals surface area (Å²) in [7, 11) is -36.2. The van der Waals surface area contributed by atoms with Gasteiger partial charge in [-0.25, -0.2) is 38.4 Å². The van der Waals surface area contributed by atoms with Crippen molar-refractivity contribution in [2.24, 2.45) is 0 Å². The van der Waals surface area contributed by atoms with Gasteiger partial charge in [-0.3, -0.25) is 9.11 Å². The van der Waals surface area contributed by atoms with Crippen molar-refractivity contribution in [1.82, 2.24) is 18.9 Å². The summed E-state index contributed by atoms with van der Waals surface area (Å²) in [4.78, 5) is -6.18. The Balaban J connectivity index is 2.34. The van der Waals surface area contributed by atoms with Crippen molar-refractivity contribution in [2.45, 2.75) is 48.8 Å². The van der Waals surface area contributed by atoms with Gasteiger partial charge in [-0.05, 0) is 6.42 Å². The first-order valence-corrected chi connectivity index (χ1v) is 19.0. The summed E-state index contributed by atoms with van der Waals surface area (Å²) in [6, 6.07) is 1.45. The second kappa shape index (κ2) is 7.71. The average molecular weight is 669 g/mol. The van der Waals surface area contributed by atoms with Gasteiger partial charge in [0.1, 0.15) is 19.6 Å². The maximum atomic E-state index is 13.8. The van der Waals surface area contributed by atoms with E-state index in [2.05, 4.69) is 0 Å². The van der Waals surface area contributed by atoms with Gasteiger partial charge >= 0.3 is 24.4 Å². The van der Waals surface area contributed by atoms with E-state index >= 15 is 0 Å². The summed E-state index contributed by atoms with van der Waals surface area (Å²) in [5.41, 5.74) is -4.11. The fraction of sp³-hybridized carbons (Fsp3) is 0.333. The summed E-state index contributed by atoms with van der Waals surface area (Å²) in [6.45, 7) is 1.00. The Morgan fingerprint density at radius 1 is 0.692 bits per heavy atom. The summed E-state index contributed by atoms with van der Waals surface area (Å²) in [5, 5.41) is -1.46. The monoisotopic (exact) mass is 668 g/mol. The lowest BCUT2D eigenvalue weighted by atomic mass is 10.00. The molecule has 18 nitrogen and oxygen atoms in total. The fourth-order valence-corrected chi connectivity index (χ4v) is 17.6. The molecule has 0 amide bonds. The third kappa shape index (κ3) is 3.41. The number of benzene rings is 2. The SMILES string of the molecule is CCC1NS(=O)(=O)c2c3c4c(c5ccccc25)S(=O)(=O)NC(S(=O)(=O)O)(S(=O)(=O)O)C1(NS3(=O)=O)NS4(=O)=O. The van der Waals surface area contributed by atoms with Gasteiger partial charge in [-0.2, -0.15) is 31.0 Å². The van der Waals surface area contributed by atoms with Crippen molar-refractivity contribution in [3.05, 3.63) is 24.3 Å². The Hall–Kier alpha value is -1.84. The van der Waals surface area contributed by atoms with Crippen LogP contribution in [0.25, 0.3) is 10.8 Å². The van der Waals surface area contributed by atoms with Crippen molar-refractivity contribution >= 4 is 71.1 Å². The number of hydrogen-bond acceptors (Lipinski definition) is 12. The molecule has 0 aliphatic carbocycles. The highest BCUT2D eigenvalue weighted by Crippen LogP contribution is 2.50. The third-order valence-corrected chi connectivity index (χ3v) is 16.8. The van der Waals surface area contributed by atoms with Crippen LogP contribution in [-0.4, -0.2) is 75.5 Å². The standard InChI is InChI=1S/C15H16N4O14S6/c1-2-9-14-15(38(28,29)30,39(31,32)33)19-35(22,23)11-8-6-4-3-5-7(8)10(34(20,21)16-9)12(36(24,25)17-14)13(11)37(26,27)18-14/h3-6,9,16-19H,2H2,1H3,(H,28,29,30)(H,31,32,33). The Morgan fingerprint density at radius 3 is 1.46 bits per heavy atom. The normalized spacial score (nSPS) is 29.7. The highest BCUT2D eigenvalue weighted by atomic mass is 32.3. The molecular weight excluding hydrogens is 653 g/mol. The summed E-state index contributed by atoms with van der Waals surface area (Å²) in [6.07, 6.45) is -0.866. The molecule has 216 valence electrons. The van der Waals surface area contributed by atoms with Crippen LogP contribution in [0.5, 0.6) is 0 Å². The molecular formula is C15H16N4O14S6. The number of nitrogens with one attached hydrogen (secondary N) is 4. The van der Waals surface area contributed by atoms with Gasteiger partial charge in [0.25, 0.3) is 0 Å². The average Bonchev–Trinajstić information content (AvgIpc) is 2.80. The number of sulfonamides is 4. The lowest BCUT2D eigenvalue weighted by Gasteiger charge is -2.49. The minimum Gasteiger partial charge on any atom is -0.283 e. The third-order valence-electron chi connectivity index (χ3n) is 6.44. The zero-order valence-corrected chi connectivity index (χ0v) is 23.7. The van der Waals surface area contributed by atoms with Crippen LogP contribution in [0.1, 0.15) is 13.3 Å². The van der Waals surface area contributed by atoms with Crippen molar-refractivity contribution in [1.29, 1.82) is 0 Å². The van der Waals surface area contributed by atoms with Gasteiger partial charge in [0.05, 0.1) is 6.04 Å². The van der Waals surface area contributed by atoms with Crippen LogP contribution in [0.3, 0.4) is 0 Å². The Morgan fingerprint density at radius 2 is 1.08 bits per heavy atom. The maximum absolute atomic E-state index is 13.8. The minimum atomic E-state index is -6.71. The van der Waals surface area contributed by atoms with Crippen LogP contribution in [0.4, 0.5) is 0 Å². The molecule has 3 aliphatic heterocycles. The Bertz CT molecular complexity index is 2120. The van der Waals surface area contributed by atoms with Crippen LogP contribution in [0.15, 0.2) is 43.8 Å². The van der Waals surface area contributed by atoms with Gasteiger partial charge in [0, 0.05) is 10.8 Å². The van der Waals surface area contributed by atoms with Crippen LogP contribution >= 0.6 is 0 Å². The highest BCUT2D eigenvalue weighted by molar-refractivity contribution is 8.07. The summed E-state index contributed by atoms with van der Waals surface area (Å²) in [5.74, 6) is 0. The van der Waals surface area contributed by atoms with Gasteiger partial charge in [0.15, 0.2) is 5.66 Å². The van der Waals surface area contributed by atoms with Crippen molar-refractivity contribution in [3.63, 3.8) is 0 Å². The lowest BCUT2D eigenvalue weighted by Crippen LogP contribution is -2.87. The van der Waals surface area contributed by atoms with Crippen molar-refractivity contribution in [2.75, 3.05) is 0 Å². The number of fused-ring (bicyclic) bond motifs is 5. The van der Waals surface area contributed by atoms with Crippen LogP contribution < -0.4 is 18.9 Å². The predicted octanol–water partition coefficient (Wildman–Crippen LogP) is -3.10. The molecule has 3 aliphatic rings. The van der Waals surface area contributed by atoms with E-state index in [1.807, 2.05) is 4.72 Å². The zero-order chi connectivity index (χ0) is 29.4. The van der Waals surface area contributed by atoms with Crippen LogP contribution in [0.2, 0.25) is 0 Å². The van der Waals surface area contributed by atoms with E-state index in [0.29, 0.717) is 0 Å². The van der Waals surface area contributed by atoms with E-state index in [1.54, 1.807) is 0 Å². The maximum Gasteiger partial charge on any atom is 0.320 e. The second-order valence-corrected chi connectivity index (χ2v) is 18.5. The highest BCUT2D eigenvalue weighted by Gasteiger charge is 2.78. The fourth-order valence-electron chi connectivity index (χ4n) is 5.08. The Labute approximate surface area is 221 Å². The molecule has 2 aromatic rings. The van der Waals surface area contributed by atoms with E-state index in [9.17, 15) is 59.6 Å². The van der Waals surface area contributed by atoms with E-state index in [-0.39, 0.29) is 0 Å². The molecule has 39 heavy (non-hydrogen) atoms. The van der Waals surface area contributed by atoms with Gasteiger partial charge in [-0.15, -0.1) is 0 Å². The van der Waals surface area contributed by atoms with Gasteiger partial charge < -0.3 is 0 Å². The first-order chi connectivity index (χ1) is 17.5. The minimum absolute atomic E-state index is 0.667. The van der Waals surface area contributed by atoms with Crippen LogP contribution in [0, 0.1) is 0 Å². The van der Waals surface area contributed by atoms with Crippen molar-refractivity contribution < 1.29 is 59.6 Å². The smallest absolute Gasteiger partial charge is 0.283 e. The van der Waals surface area contributed by atoms with E-state index in [0.717, 1.165) is 35.9 Å². The van der Waals surface area contributed by atoms with Gasteiger partial charge in [0.2, 0.25) is 40.1 Å². The molecule has 2 atom stereocenters. The van der Waals surface area contributed by atoms with E-state index in [4.69, 9.17) is 0 Å². The van der Waals surface area contributed by atoms with Crippen molar-refractivity contribution in [3.8, 4) is 0 Å². The lowest BCUT2D eigenvalue weighted by molar-refractivity contribution is 0.205. The molecule has 1 spiro atoms. The first kappa shape index (κ1) is 28.7. The molecule has 24 heteroatoms. The number of rotatable bonds is 3. The van der Waals surface area contributed by atoms with Crippen LogP contribution in [-0.2, 0) is 60.3 Å². The second-order valence-electron chi connectivity index (χ2n) is 8.64. The zero-order valence-electron chi connectivity index (χ0n) is 18.8. The summed E-state index contributed by atoms with van der Waals surface area (Å²) >= 11 is 0. The molecule has 0 radical (unpaired) electrons. The topological polar surface area (TPSA) is 293 Å². The molecule has 2 aromatic carbocycles. The first-order valence-electron chi connectivity index (χ1n) is 10.2. The molecule has 5 rings (SSSR count). The molecule has 0 aromatic heterocycles. The molecule has 3 heterocycles. The predicted molar refractivity (Wildman–Crippen MR) is 128 cm³/mol. The molecule has 0 fully saturated rings. The molecule has 2 unspecified atom stereocenters.